The lowest BCUT2D eigenvalue weighted by molar-refractivity contribution is -0.114. The Morgan fingerprint density at radius 3 is 2.02 bits per heavy atom. The Morgan fingerprint density at radius 1 is 0.762 bits per heavy atom. The molecule has 0 spiro atoms. The molecule has 0 unspecified atom stereocenters. The van der Waals surface area contributed by atoms with E-state index in [0.29, 0.717) is 0 Å². The number of hydrazone groups is 1. The van der Waals surface area contributed by atoms with Crippen molar-refractivity contribution in [3.8, 4) is 23.3 Å². The third kappa shape index (κ3) is 7.35. The number of hydrogen-bond donors (Lipinski definition) is 6. The van der Waals surface area contributed by atoms with Crippen LogP contribution in [0.5, 0.6) is 11.5 Å². The van der Waals surface area contributed by atoms with E-state index >= 15 is 0 Å². The van der Waals surface area contributed by atoms with Crippen molar-refractivity contribution in [2.45, 2.75) is 22.6 Å². The van der Waals surface area contributed by atoms with Gasteiger partial charge in [0.1, 0.15) is 38.4 Å². The number of carbonyl (C=O) groups excluding carboxylic acids is 1. The predicted molar refractivity (Wildman–Crippen MR) is 148 cm³/mol. The van der Waals surface area contributed by atoms with E-state index in [-0.39, 0.29) is 69.8 Å². The number of phenolic OH excluding ortho intramolecular Hbond substituents is 2. The number of azo groups is 1. The molecular weight excluding hydrogens is 592 g/mol. The number of aliphatic hydroxyl groups excluding tert-OH is 1. The Hall–Kier alpha value is -5.08. The molecule has 216 valence electrons. The van der Waals surface area contributed by atoms with Crippen molar-refractivity contribution in [3.63, 3.8) is 0 Å². The molecule has 0 heterocycles. The fourth-order valence-corrected chi connectivity index (χ4v) is 4.90. The summed E-state index contributed by atoms with van der Waals surface area (Å²) in [4.78, 5) is 10.0. The number of phenols is 2. The minimum atomic E-state index is -4.85. The molecule has 1 aliphatic carbocycles. The Morgan fingerprint density at radius 2 is 1.40 bits per heavy atom. The smallest absolute Gasteiger partial charge is 0.295 e. The molecule has 6 N–H and O–H groups in total. The summed E-state index contributed by atoms with van der Waals surface area (Å²) in [5.41, 5.74) is 2.21. The molecule has 14 nitrogen and oxygen atoms in total. The van der Waals surface area contributed by atoms with Gasteiger partial charge in [-0.05, 0) is 48.5 Å². The van der Waals surface area contributed by atoms with Crippen molar-refractivity contribution in [2.75, 3.05) is 5.43 Å². The van der Waals surface area contributed by atoms with Gasteiger partial charge in [0, 0.05) is 36.1 Å². The van der Waals surface area contributed by atoms with Gasteiger partial charge < -0.3 is 15.3 Å². The van der Waals surface area contributed by atoms with Gasteiger partial charge in [0.15, 0.2) is 5.78 Å². The SMILES string of the molecule is O=C1C=C(O)/C(=N\Nc2ccc(C#Cc3ccc(N=Nc4ccc(O)cc4O)cc3S(=O)(=O)O)c(S(=O)(=O)O)c2)CC1. The molecule has 0 saturated carbocycles. The van der Waals surface area contributed by atoms with Crippen molar-refractivity contribution in [3.05, 3.63) is 77.6 Å². The number of anilines is 1. The van der Waals surface area contributed by atoms with Gasteiger partial charge in [0.25, 0.3) is 20.2 Å². The maximum atomic E-state index is 12.1. The first-order valence-corrected chi connectivity index (χ1v) is 14.5. The highest BCUT2D eigenvalue weighted by atomic mass is 32.2. The van der Waals surface area contributed by atoms with Gasteiger partial charge in [-0.25, -0.2) is 0 Å². The van der Waals surface area contributed by atoms with E-state index < -0.39 is 30.0 Å². The first-order chi connectivity index (χ1) is 19.7. The Kier molecular flexibility index (Phi) is 8.40. The lowest BCUT2D eigenvalue weighted by Gasteiger charge is -2.11. The molecule has 42 heavy (non-hydrogen) atoms. The van der Waals surface area contributed by atoms with Crippen molar-refractivity contribution >= 4 is 48.8 Å². The molecule has 4 rings (SSSR count). The number of nitrogens with one attached hydrogen (secondary N) is 1. The van der Waals surface area contributed by atoms with Gasteiger partial charge in [-0.2, -0.15) is 27.1 Å². The largest absolute Gasteiger partial charge is 0.508 e. The molecule has 0 radical (unpaired) electrons. The van der Waals surface area contributed by atoms with E-state index in [1.54, 1.807) is 0 Å². The van der Waals surface area contributed by atoms with E-state index in [1.165, 1.54) is 36.4 Å². The average molecular weight is 613 g/mol. The van der Waals surface area contributed by atoms with Crippen LogP contribution in [0.3, 0.4) is 0 Å². The standard InChI is InChI=1S/C26H20N4O10S2/c31-19-7-9-21(23(33)13-19)29-27-17-5-3-15(25(11-17)41(35,36)37)1-2-16-4-6-18(12-26(16)42(38,39)40)28-30-22-10-8-20(32)14-24(22)34/h3-7,9,11-14,28,31,33-34H,8,10H2,(H,35,36,37)(H,38,39,40)/b29-27?,30-22-. The van der Waals surface area contributed by atoms with Crippen LogP contribution >= 0.6 is 0 Å². The highest BCUT2D eigenvalue weighted by Gasteiger charge is 2.19. The number of ketones is 1. The number of hydrogen-bond acceptors (Lipinski definition) is 12. The molecule has 0 bridgehead atoms. The molecule has 16 heteroatoms. The summed E-state index contributed by atoms with van der Waals surface area (Å²) in [5, 5.41) is 40.6. The second-order valence-corrected chi connectivity index (χ2v) is 11.4. The van der Waals surface area contributed by atoms with Gasteiger partial charge in [0.05, 0.1) is 11.4 Å². The van der Waals surface area contributed by atoms with E-state index in [1.807, 2.05) is 0 Å². The summed E-state index contributed by atoms with van der Waals surface area (Å²) in [6, 6.07) is 10.5. The predicted octanol–water partition coefficient (Wildman–Crippen LogP) is 3.98. The summed E-state index contributed by atoms with van der Waals surface area (Å²) in [7, 11) is -9.69. The van der Waals surface area contributed by atoms with E-state index in [0.717, 1.165) is 24.3 Å². The van der Waals surface area contributed by atoms with Gasteiger partial charge >= 0.3 is 0 Å². The molecule has 0 amide bonds. The van der Waals surface area contributed by atoms with Gasteiger partial charge in [-0.15, -0.1) is 5.11 Å². The Balaban J connectivity index is 1.67. The number of rotatable bonds is 6. The van der Waals surface area contributed by atoms with Crippen LogP contribution in [0.2, 0.25) is 0 Å². The molecule has 0 aromatic heterocycles. The molecular formula is C26H20N4O10S2. The quantitative estimate of drug-likeness (QED) is 0.101. The van der Waals surface area contributed by atoms with Gasteiger partial charge in [-0.3, -0.25) is 19.3 Å². The lowest BCUT2D eigenvalue weighted by atomic mass is 10.0. The third-order valence-electron chi connectivity index (χ3n) is 5.59. The van der Waals surface area contributed by atoms with Crippen LogP contribution in [0.15, 0.2) is 91.6 Å². The second-order valence-electron chi connectivity index (χ2n) is 8.63. The summed E-state index contributed by atoms with van der Waals surface area (Å²) in [6.45, 7) is 0. The fraction of sp³-hybridized carbons (Fsp3) is 0.0769. The van der Waals surface area contributed by atoms with Crippen molar-refractivity contribution in [1.82, 2.24) is 0 Å². The van der Waals surface area contributed by atoms with Crippen LogP contribution in [0.1, 0.15) is 24.0 Å². The summed E-state index contributed by atoms with van der Waals surface area (Å²) in [6.07, 6.45) is 1.30. The zero-order chi connectivity index (χ0) is 30.7. The molecule has 3 aromatic rings. The van der Waals surface area contributed by atoms with Crippen molar-refractivity contribution in [2.24, 2.45) is 15.3 Å². The number of nitrogens with zero attached hydrogens (tertiary/aromatic N) is 3. The zero-order valence-corrected chi connectivity index (χ0v) is 22.8. The van der Waals surface area contributed by atoms with E-state index in [2.05, 4.69) is 32.6 Å². The van der Waals surface area contributed by atoms with Crippen LogP contribution in [-0.2, 0) is 25.0 Å². The second kappa shape index (κ2) is 11.8. The average Bonchev–Trinajstić information content (AvgIpc) is 2.90. The lowest BCUT2D eigenvalue weighted by Crippen LogP contribution is -2.15. The van der Waals surface area contributed by atoms with Crippen LogP contribution < -0.4 is 5.43 Å². The summed E-state index contributed by atoms with van der Waals surface area (Å²) >= 11 is 0. The molecule has 0 fully saturated rings. The minimum absolute atomic E-state index is 0.0331. The number of benzene rings is 3. The van der Waals surface area contributed by atoms with Crippen molar-refractivity contribution < 1.29 is 46.1 Å². The van der Waals surface area contributed by atoms with E-state index in [9.17, 15) is 46.1 Å². The maximum Gasteiger partial charge on any atom is 0.295 e. The van der Waals surface area contributed by atoms with Gasteiger partial charge in [-0.1, -0.05) is 11.8 Å². The van der Waals surface area contributed by atoms with Crippen LogP contribution in [-0.4, -0.2) is 52.8 Å². The first-order valence-electron chi connectivity index (χ1n) is 11.7. The van der Waals surface area contributed by atoms with Crippen LogP contribution in [0.4, 0.5) is 17.1 Å². The minimum Gasteiger partial charge on any atom is -0.508 e. The topological polar surface area (TPSA) is 236 Å². The number of aliphatic hydroxyl groups is 1. The highest BCUT2D eigenvalue weighted by molar-refractivity contribution is 7.86. The summed E-state index contributed by atoms with van der Waals surface area (Å²) < 4.78 is 67.7. The molecule has 0 atom stereocenters. The number of carbonyl (C=O) groups is 1. The molecule has 1 aliphatic rings. The normalized spacial score (nSPS) is 14.9. The zero-order valence-electron chi connectivity index (χ0n) is 21.1. The molecule has 3 aromatic carbocycles. The Bertz CT molecular complexity index is 1970. The monoisotopic (exact) mass is 612 g/mol. The maximum absolute atomic E-state index is 12.1. The molecule has 0 aliphatic heterocycles. The summed E-state index contributed by atoms with van der Waals surface area (Å²) in [5.74, 6) is 3.70. The van der Waals surface area contributed by atoms with E-state index in [4.69, 9.17) is 0 Å². The van der Waals surface area contributed by atoms with Gasteiger partial charge in [0.2, 0.25) is 0 Å². The number of allylic oxidation sites excluding steroid dienone is 2. The third-order valence-corrected chi connectivity index (χ3v) is 7.38. The molecule has 0 saturated heterocycles. The number of aromatic hydroxyl groups is 2. The van der Waals surface area contributed by atoms with Crippen LogP contribution in [0.25, 0.3) is 0 Å². The van der Waals surface area contributed by atoms with Crippen LogP contribution in [0, 0.1) is 11.8 Å². The Labute approximate surface area is 238 Å². The highest BCUT2D eigenvalue weighted by Crippen LogP contribution is 2.32. The fourth-order valence-electron chi connectivity index (χ4n) is 3.56. The first kappa shape index (κ1) is 29.9. The van der Waals surface area contributed by atoms with Crippen molar-refractivity contribution in [1.29, 1.82) is 0 Å².